The predicted molar refractivity (Wildman–Crippen MR) is 169 cm³/mol. The number of H-pyrrole nitrogens is 1. The SMILES string of the molecule is COc1cc2c(cc1OC)CN(CCc1ccc(NC(=O)c3ccccc3NC(=O)c3cc4ccccc4[nH]3)cc1)CC2. The highest BCUT2D eigenvalue weighted by atomic mass is 16.5. The number of fused-ring (bicyclic) bond motifs is 2. The van der Waals surface area contributed by atoms with Gasteiger partial charge in [-0.2, -0.15) is 0 Å². The Morgan fingerprint density at radius 1 is 0.814 bits per heavy atom. The van der Waals surface area contributed by atoms with Crippen molar-refractivity contribution in [1.29, 1.82) is 0 Å². The minimum Gasteiger partial charge on any atom is -0.493 e. The van der Waals surface area contributed by atoms with E-state index in [9.17, 15) is 9.59 Å². The second-order valence-corrected chi connectivity index (χ2v) is 10.7. The molecule has 4 aromatic carbocycles. The van der Waals surface area contributed by atoms with Crippen LogP contribution in [0, 0.1) is 0 Å². The Labute approximate surface area is 250 Å². The maximum Gasteiger partial charge on any atom is 0.272 e. The molecule has 1 aliphatic rings. The number of methoxy groups -OCH3 is 2. The van der Waals surface area contributed by atoms with Gasteiger partial charge >= 0.3 is 0 Å². The molecule has 2 heterocycles. The monoisotopic (exact) mass is 574 g/mol. The van der Waals surface area contributed by atoms with Crippen molar-refractivity contribution in [2.75, 3.05) is 37.9 Å². The lowest BCUT2D eigenvalue weighted by molar-refractivity contribution is 0.102. The summed E-state index contributed by atoms with van der Waals surface area (Å²) in [6, 6.07) is 28.6. The molecule has 218 valence electrons. The third-order valence-corrected chi connectivity index (χ3v) is 7.92. The number of nitrogens with one attached hydrogen (secondary N) is 3. The topological polar surface area (TPSA) is 95.7 Å². The number of ether oxygens (including phenoxy) is 2. The maximum absolute atomic E-state index is 13.2. The Hall–Kier alpha value is -5.08. The van der Waals surface area contributed by atoms with Crippen LogP contribution in [0.2, 0.25) is 0 Å². The highest BCUT2D eigenvalue weighted by molar-refractivity contribution is 6.12. The molecular formula is C35H34N4O4. The molecular weight excluding hydrogens is 540 g/mol. The van der Waals surface area contributed by atoms with Gasteiger partial charge in [0.15, 0.2) is 11.5 Å². The highest BCUT2D eigenvalue weighted by Crippen LogP contribution is 2.33. The number of amides is 2. The van der Waals surface area contributed by atoms with Gasteiger partial charge in [-0.15, -0.1) is 0 Å². The zero-order valence-electron chi connectivity index (χ0n) is 24.3. The first-order valence-corrected chi connectivity index (χ1v) is 14.4. The summed E-state index contributed by atoms with van der Waals surface area (Å²) in [7, 11) is 3.33. The fourth-order valence-corrected chi connectivity index (χ4v) is 5.55. The molecule has 0 saturated carbocycles. The summed E-state index contributed by atoms with van der Waals surface area (Å²) in [5, 5.41) is 6.80. The Kier molecular flexibility index (Phi) is 8.11. The molecule has 3 N–H and O–H groups in total. The van der Waals surface area contributed by atoms with Crippen LogP contribution >= 0.6 is 0 Å². The third kappa shape index (κ3) is 6.24. The van der Waals surface area contributed by atoms with Crippen molar-refractivity contribution >= 4 is 34.1 Å². The molecule has 1 aromatic heterocycles. The molecule has 0 bridgehead atoms. The number of hydrogen-bond acceptors (Lipinski definition) is 5. The molecule has 0 fully saturated rings. The van der Waals surface area contributed by atoms with Crippen LogP contribution in [0.4, 0.5) is 11.4 Å². The Morgan fingerprint density at radius 2 is 1.53 bits per heavy atom. The van der Waals surface area contributed by atoms with Gasteiger partial charge in [-0.05, 0) is 78.1 Å². The molecule has 1 aliphatic heterocycles. The molecule has 43 heavy (non-hydrogen) atoms. The number of aromatic nitrogens is 1. The van der Waals surface area contributed by atoms with Gasteiger partial charge in [0.2, 0.25) is 0 Å². The summed E-state index contributed by atoms with van der Waals surface area (Å²) < 4.78 is 11.0. The third-order valence-electron chi connectivity index (χ3n) is 7.92. The molecule has 0 atom stereocenters. The summed E-state index contributed by atoms with van der Waals surface area (Å²) in [5.41, 5.74) is 6.62. The lowest BCUT2D eigenvalue weighted by Gasteiger charge is -2.29. The van der Waals surface area contributed by atoms with Gasteiger partial charge in [0.05, 0.1) is 25.5 Å². The number of para-hydroxylation sites is 2. The van der Waals surface area contributed by atoms with E-state index >= 15 is 0 Å². The van der Waals surface area contributed by atoms with Crippen LogP contribution in [0.15, 0.2) is 91.0 Å². The van der Waals surface area contributed by atoms with E-state index in [1.165, 1.54) is 16.7 Å². The fourth-order valence-electron chi connectivity index (χ4n) is 5.55. The van der Waals surface area contributed by atoms with Crippen LogP contribution in [0.25, 0.3) is 10.9 Å². The molecule has 6 rings (SSSR count). The van der Waals surface area contributed by atoms with Gasteiger partial charge < -0.3 is 25.1 Å². The minimum absolute atomic E-state index is 0.292. The molecule has 0 spiro atoms. The lowest BCUT2D eigenvalue weighted by atomic mass is 9.98. The Balaban J connectivity index is 1.05. The lowest BCUT2D eigenvalue weighted by Crippen LogP contribution is -2.32. The van der Waals surface area contributed by atoms with E-state index in [0.717, 1.165) is 54.9 Å². The summed E-state index contributed by atoms with van der Waals surface area (Å²) in [4.78, 5) is 31.7. The van der Waals surface area contributed by atoms with Crippen molar-refractivity contribution in [2.24, 2.45) is 0 Å². The number of carbonyl (C=O) groups is 2. The van der Waals surface area contributed by atoms with Gasteiger partial charge in [0.25, 0.3) is 11.8 Å². The van der Waals surface area contributed by atoms with E-state index in [2.05, 4.69) is 32.7 Å². The van der Waals surface area contributed by atoms with Gasteiger partial charge in [0, 0.05) is 36.2 Å². The van der Waals surface area contributed by atoms with Crippen molar-refractivity contribution in [3.05, 3.63) is 119 Å². The van der Waals surface area contributed by atoms with Crippen LogP contribution in [0.1, 0.15) is 37.5 Å². The van der Waals surface area contributed by atoms with Crippen LogP contribution in [-0.2, 0) is 19.4 Å². The van der Waals surface area contributed by atoms with E-state index < -0.39 is 0 Å². The summed E-state index contributed by atoms with van der Waals surface area (Å²) in [5.74, 6) is 0.941. The first-order valence-electron chi connectivity index (χ1n) is 14.4. The molecule has 0 unspecified atom stereocenters. The molecule has 0 aliphatic carbocycles. The first kappa shape index (κ1) is 28.1. The van der Waals surface area contributed by atoms with E-state index in [1.807, 2.05) is 48.5 Å². The molecule has 0 saturated heterocycles. The number of nitrogens with zero attached hydrogens (tertiary/aromatic N) is 1. The normalized spacial score (nSPS) is 12.9. The quantitative estimate of drug-likeness (QED) is 0.192. The van der Waals surface area contributed by atoms with Crippen LogP contribution in [0.3, 0.4) is 0 Å². The zero-order chi connectivity index (χ0) is 29.8. The summed E-state index contributed by atoms with van der Waals surface area (Å²) in [6.45, 7) is 2.80. The van der Waals surface area contributed by atoms with E-state index in [0.29, 0.717) is 22.6 Å². The van der Waals surface area contributed by atoms with Gasteiger partial charge in [-0.25, -0.2) is 0 Å². The molecule has 8 nitrogen and oxygen atoms in total. The van der Waals surface area contributed by atoms with Crippen molar-refractivity contribution in [3.63, 3.8) is 0 Å². The Bertz CT molecular complexity index is 1740. The zero-order valence-corrected chi connectivity index (χ0v) is 24.3. The van der Waals surface area contributed by atoms with E-state index in [4.69, 9.17) is 9.47 Å². The average molecular weight is 575 g/mol. The average Bonchev–Trinajstić information content (AvgIpc) is 3.49. The second kappa shape index (κ2) is 12.4. The van der Waals surface area contributed by atoms with Crippen molar-refractivity contribution in [2.45, 2.75) is 19.4 Å². The number of anilines is 2. The van der Waals surface area contributed by atoms with Crippen LogP contribution in [-0.4, -0.2) is 49.0 Å². The van der Waals surface area contributed by atoms with Crippen molar-refractivity contribution in [1.82, 2.24) is 9.88 Å². The molecule has 8 heteroatoms. The number of rotatable bonds is 9. The molecule has 5 aromatic rings. The van der Waals surface area contributed by atoms with Crippen LogP contribution < -0.4 is 20.1 Å². The van der Waals surface area contributed by atoms with E-state index in [-0.39, 0.29) is 11.8 Å². The number of hydrogen-bond donors (Lipinski definition) is 3. The molecule has 2 amide bonds. The predicted octanol–water partition coefficient (Wildman–Crippen LogP) is 6.29. The van der Waals surface area contributed by atoms with Gasteiger partial charge in [-0.3, -0.25) is 14.5 Å². The Morgan fingerprint density at radius 3 is 2.30 bits per heavy atom. The second-order valence-electron chi connectivity index (χ2n) is 10.7. The standard InChI is InChI=1S/C35H34N4O4/c1-42-32-20-24-16-18-39(22-26(24)21-33(32)43-2)17-15-23-11-13-27(14-12-23)36-34(40)28-8-4-6-10-30(28)38-35(41)31-19-25-7-3-5-9-29(25)37-31/h3-14,19-21,37H,15-18,22H2,1-2H3,(H,36,40)(H,38,41). The fraction of sp³-hybridized carbons (Fsp3) is 0.200. The number of carbonyl (C=O) groups excluding carboxylic acids is 2. The minimum atomic E-state index is -0.308. The summed E-state index contributed by atoms with van der Waals surface area (Å²) >= 11 is 0. The van der Waals surface area contributed by atoms with Gasteiger partial charge in [0.1, 0.15) is 5.69 Å². The van der Waals surface area contributed by atoms with E-state index in [1.54, 1.807) is 44.6 Å². The summed E-state index contributed by atoms with van der Waals surface area (Å²) in [6.07, 6.45) is 1.88. The maximum atomic E-state index is 13.2. The largest absolute Gasteiger partial charge is 0.493 e. The van der Waals surface area contributed by atoms with Crippen molar-refractivity contribution < 1.29 is 19.1 Å². The van der Waals surface area contributed by atoms with Gasteiger partial charge in [-0.1, -0.05) is 42.5 Å². The van der Waals surface area contributed by atoms with Crippen LogP contribution in [0.5, 0.6) is 11.5 Å². The first-order chi connectivity index (χ1) is 21.0. The number of benzene rings is 4. The highest BCUT2D eigenvalue weighted by Gasteiger charge is 2.20. The number of aromatic amines is 1. The van der Waals surface area contributed by atoms with Crippen molar-refractivity contribution in [3.8, 4) is 11.5 Å². The smallest absolute Gasteiger partial charge is 0.272 e. The molecule has 0 radical (unpaired) electrons.